The van der Waals surface area contributed by atoms with Crippen LogP contribution >= 0.6 is 11.3 Å². The molecule has 0 unspecified atom stereocenters. The quantitative estimate of drug-likeness (QED) is 0.812. The van der Waals surface area contributed by atoms with Crippen molar-refractivity contribution in [1.82, 2.24) is 9.80 Å². The minimum Gasteiger partial charge on any atom is -0.378 e. The van der Waals surface area contributed by atoms with Crippen molar-refractivity contribution in [1.29, 1.82) is 0 Å². The Morgan fingerprint density at radius 2 is 1.65 bits per heavy atom. The number of piperazine rings is 1. The molecule has 6 heteroatoms. The first-order valence-corrected chi connectivity index (χ1v) is 9.79. The Hall–Kier alpha value is -2.34. The highest BCUT2D eigenvalue weighted by molar-refractivity contribution is 7.09. The van der Waals surface area contributed by atoms with Crippen molar-refractivity contribution in [2.75, 3.05) is 45.2 Å². The summed E-state index contributed by atoms with van der Waals surface area (Å²) < 4.78 is 0. The fourth-order valence-corrected chi connectivity index (χ4v) is 3.80. The molecule has 1 aliphatic heterocycles. The highest BCUT2D eigenvalue weighted by Crippen LogP contribution is 2.16. The molecule has 2 aromatic rings. The van der Waals surface area contributed by atoms with Crippen LogP contribution in [0, 0.1) is 0 Å². The molecule has 1 aromatic heterocycles. The highest BCUT2D eigenvalue weighted by Gasteiger charge is 2.24. The summed E-state index contributed by atoms with van der Waals surface area (Å²) in [4.78, 5) is 32.0. The summed E-state index contributed by atoms with van der Waals surface area (Å²) >= 11 is 1.69. The molecule has 0 radical (unpaired) electrons. The third kappa shape index (κ3) is 4.43. The number of nitrogens with zero attached hydrogens (tertiary/aromatic N) is 3. The van der Waals surface area contributed by atoms with Gasteiger partial charge in [0.1, 0.15) is 0 Å². The van der Waals surface area contributed by atoms with Gasteiger partial charge in [0.05, 0.1) is 0 Å². The molecule has 0 saturated carbocycles. The van der Waals surface area contributed by atoms with Gasteiger partial charge in [-0.1, -0.05) is 6.07 Å². The molecule has 2 heterocycles. The van der Waals surface area contributed by atoms with Gasteiger partial charge in [-0.25, -0.2) is 0 Å². The third-order valence-electron chi connectivity index (χ3n) is 4.72. The Morgan fingerprint density at radius 1 is 1.00 bits per heavy atom. The van der Waals surface area contributed by atoms with Gasteiger partial charge in [0.25, 0.3) is 5.91 Å². The van der Waals surface area contributed by atoms with Crippen LogP contribution < -0.4 is 4.90 Å². The average Bonchev–Trinajstić information content (AvgIpc) is 3.19. The van der Waals surface area contributed by atoms with Gasteiger partial charge in [0, 0.05) is 62.8 Å². The summed E-state index contributed by atoms with van der Waals surface area (Å²) in [5.41, 5.74) is 1.77. The minimum absolute atomic E-state index is 0.0426. The first-order chi connectivity index (χ1) is 12.5. The lowest BCUT2D eigenvalue weighted by molar-refractivity contribution is -0.132. The van der Waals surface area contributed by atoms with Crippen LogP contribution in [0.25, 0.3) is 0 Å². The van der Waals surface area contributed by atoms with Crippen LogP contribution in [0.4, 0.5) is 5.69 Å². The number of hydrogen-bond donors (Lipinski definition) is 0. The van der Waals surface area contributed by atoms with E-state index in [1.807, 2.05) is 64.5 Å². The number of rotatable bonds is 5. The second kappa shape index (κ2) is 8.36. The van der Waals surface area contributed by atoms with Crippen molar-refractivity contribution in [2.45, 2.75) is 12.8 Å². The van der Waals surface area contributed by atoms with Crippen LogP contribution in [0.1, 0.15) is 21.7 Å². The second-order valence-corrected chi connectivity index (χ2v) is 7.73. The van der Waals surface area contributed by atoms with Gasteiger partial charge in [-0.3, -0.25) is 9.59 Å². The van der Waals surface area contributed by atoms with Gasteiger partial charge in [0.2, 0.25) is 5.91 Å². The van der Waals surface area contributed by atoms with Crippen LogP contribution in [0.15, 0.2) is 41.8 Å². The van der Waals surface area contributed by atoms with Crippen LogP contribution in [0.5, 0.6) is 0 Å². The fourth-order valence-electron chi connectivity index (χ4n) is 3.09. The summed E-state index contributed by atoms with van der Waals surface area (Å²) in [6.07, 6.45) is 1.34. The number of aryl methyl sites for hydroxylation is 1. The summed E-state index contributed by atoms with van der Waals surface area (Å²) in [6, 6.07) is 11.7. The second-order valence-electron chi connectivity index (χ2n) is 6.69. The lowest BCUT2D eigenvalue weighted by Gasteiger charge is -2.35. The molecule has 2 amide bonds. The molecule has 5 nitrogen and oxygen atoms in total. The van der Waals surface area contributed by atoms with Gasteiger partial charge in [0.15, 0.2) is 0 Å². The number of benzene rings is 1. The molecule has 138 valence electrons. The standard InChI is InChI=1S/C20H25N3O2S/c1-21(2)17-7-5-16(6-8-17)20(25)23-13-11-22(12-14-23)19(24)10-9-18-4-3-15-26-18/h3-8,15H,9-14H2,1-2H3. The third-order valence-corrected chi connectivity index (χ3v) is 5.65. The molecule has 3 rings (SSSR count). The first kappa shape index (κ1) is 18.5. The van der Waals surface area contributed by atoms with Crippen molar-refractivity contribution in [3.8, 4) is 0 Å². The maximum Gasteiger partial charge on any atom is 0.253 e. The summed E-state index contributed by atoms with van der Waals surface area (Å²) in [7, 11) is 3.96. The molecule has 0 spiro atoms. The number of carbonyl (C=O) groups is 2. The van der Waals surface area contributed by atoms with Crippen molar-refractivity contribution >= 4 is 28.8 Å². The summed E-state index contributed by atoms with van der Waals surface area (Å²) in [6.45, 7) is 2.42. The van der Waals surface area contributed by atoms with Gasteiger partial charge in [-0.15, -0.1) is 11.3 Å². The highest BCUT2D eigenvalue weighted by atomic mass is 32.1. The van der Waals surface area contributed by atoms with Crippen LogP contribution in [0.3, 0.4) is 0 Å². The minimum atomic E-state index is 0.0426. The zero-order chi connectivity index (χ0) is 18.5. The van der Waals surface area contributed by atoms with Crippen LogP contribution in [-0.4, -0.2) is 61.9 Å². The van der Waals surface area contributed by atoms with E-state index in [4.69, 9.17) is 0 Å². The maximum absolute atomic E-state index is 12.6. The lowest BCUT2D eigenvalue weighted by Crippen LogP contribution is -2.50. The van der Waals surface area contributed by atoms with E-state index in [1.165, 1.54) is 4.88 Å². The van der Waals surface area contributed by atoms with E-state index in [-0.39, 0.29) is 11.8 Å². The number of thiophene rings is 1. The number of amides is 2. The maximum atomic E-state index is 12.6. The molecule has 0 atom stereocenters. The molecule has 1 saturated heterocycles. The first-order valence-electron chi connectivity index (χ1n) is 8.91. The molecular formula is C20H25N3O2S. The molecule has 1 aliphatic rings. The Labute approximate surface area is 158 Å². The van der Waals surface area contributed by atoms with Crippen LogP contribution in [0.2, 0.25) is 0 Å². The predicted octanol–water partition coefficient (Wildman–Crippen LogP) is 2.73. The van der Waals surface area contributed by atoms with Crippen molar-refractivity contribution in [2.24, 2.45) is 0 Å². The Bertz CT molecular complexity index is 733. The largest absolute Gasteiger partial charge is 0.378 e. The summed E-state index contributed by atoms with van der Waals surface area (Å²) in [5, 5.41) is 2.04. The SMILES string of the molecule is CN(C)c1ccc(C(=O)N2CCN(C(=O)CCc3cccs3)CC2)cc1. The van der Waals surface area contributed by atoms with Crippen molar-refractivity contribution in [3.63, 3.8) is 0 Å². The number of anilines is 1. The number of carbonyl (C=O) groups excluding carboxylic acids is 2. The van der Waals surface area contributed by atoms with Gasteiger partial charge < -0.3 is 14.7 Å². The molecule has 0 N–H and O–H groups in total. The van der Waals surface area contributed by atoms with E-state index in [9.17, 15) is 9.59 Å². The molecule has 1 aromatic carbocycles. The van der Waals surface area contributed by atoms with Gasteiger partial charge >= 0.3 is 0 Å². The van der Waals surface area contributed by atoms with Crippen molar-refractivity contribution in [3.05, 3.63) is 52.2 Å². The molecule has 0 bridgehead atoms. The normalized spacial score (nSPS) is 14.4. The summed E-state index contributed by atoms with van der Waals surface area (Å²) in [5.74, 6) is 0.224. The zero-order valence-electron chi connectivity index (χ0n) is 15.4. The van der Waals surface area contributed by atoms with E-state index in [0.29, 0.717) is 38.2 Å². The van der Waals surface area contributed by atoms with Gasteiger partial charge in [-0.05, 0) is 42.1 Å². The smallest absolute Gasteiger partial charge is 0.253 e. The molecule has 0 aliphatic carbocycles. The lowest BCUT2D eigenvalue weighted by atomic mass is 10.1. The Morgan fingerprint density at radius 3 is 2.23 bits per heavy atom. The average molecular weight is 372 g/mol. The Balaban J connectivity index is 1.49. The molecular weight excluding hydrogens is 346 g/mol. The van der Waals surface area contributed by atoms with E-state index >= 15 is 0 Å². The monoisotopic (exact) mass is 371 g/mol. The fraction of sp³-hybridized carbons (Fsp3) is 0.400. The Kier molecular flexibility index (Phi) is 5.93. The molecule has 1 fully saturated rings. The molecule has 26 heavy (non-hydrogen) atoms. The topological polar surface area (TPSA) is 43.9 Å². The van der Waals surface area contributed by atoms with Crippen LogP contribution in [-0.2, 0) is 11.2 Å². The predicted molar refractivity (Wildman–Crippen MR) is 106 cm³/mol. The van der Waals surface area contributed by atoms with E-state index in [2.05, 4.69) is 6.07 Å². The zero-order valence-corrected chi connectivity index (χ0v) is 16.2. The van der Waals surface area contributed by atoms with E-state index in [1.54, 1.807) is 11.3 Å². The number of hydrogen-bond acceptors (Lipinski definition) is 4. The van der Waals surface area contributed by atoms with Crippen molar-refractivity contribution < 1.29 is 9.59 Å². The van der Waals surface area contributed by atoms with E-state index < -0.39 is 0 Å². The van der Waals surface area contributed by atoms with E-state index in [0.717, 1.165) is 12.1 Å². The van der Waals surface area contributed by atoms with Gasteiger partial charge in [-0.2, -0.15) is 0 Å².